The first kappa shape index (κ1) is 21.8. The number of thiophene rings is 1. The van der Waals surface area contributed by atoms with E-state index in [2.05, 4.69) is 15.1 Å². The van der Waals surface area contributed by atoms with Crippen LogP contribution < -0.4 is 9.64 Å². The number of rotatable bonds is 4. The predicted octanol–water partition coefficient (Wildman–Crippen LogP) is 4.63. The van der Waals surface area contributed by atoms with Crippen LogP contribution >= 0.6 is 22.9 Å². The van der Waals surface area contributed by atoms with Gasteiger partial charge in [-0.15, -0.1) is 21.5 Å². The molecule has 1 fully saturated rings. The van der Waals surface area contributed by atoms with Crippen molar-refractivity contribution in [2.75, 3.05) is 38.2 Å². The largest absolute Gasteiger partial charge is 0.496 e. The Kier molecular flexibility index (Phi) is 5.50. The summed E-state index contributed by atoms with van der Waals surface area (Å²) < 4.78 is 7.58. The highest BCUT2D eigenvalue weighted by Crippen LogP contribution is 2.34. The molecule has 0 bridgehead atoms. The highest BCUT2D eigenvalue weighted by atomic mass is 35.5. The monoisotopic (exact) mass is 504 g/mol. The third-order valence-corrected chi connectivity index (χ3v) is 7.31. The average Bonchev–Trinajstić information content (AvgIpc) is 3.59. The maximum absolute atomic E-state index is 12.8. The second kappa shape index (κ2) is 8.83. The quantitative estimate of drug-likeness (QED) is 0.355. The van der Waals surface area contributed by atoms with Crippen LogP contribution in [0.4, 0.5) is 5.95 Å². The first-order valence-corrected chi connectivity index (χ1v) is 12.5. The lowest BCUT2D eigenvalue weighted by Gasteiger charge is -2.35. The number of carbonyl (C=O) groups is 1. The molecule has 4 heterocycles. The van der Waals surface area contributed by atoms with E-state index in [9.17, 15) is 4.79 Å². The molecule has 3 aromatic heterocycles. The number of hydrogen-bond donors (Lipinski definition) is 0. The number of amides is 1. The predicted molar refractivity (Wildman–Crippen MR) is 138 cm³/mol. The van der Waals surface area contributed by atoms with E-state index >= 15 is 0 Å². The molecular formula is C25H21ClN6O2S. The Labute approximate surface area is 210 Å². The van der Waals surface area contributed by atoms with Gasteiger partial charge >= 0.3 is 0 Å². The zero-order valence-corrected chi connectivity index (χ0v) is 20.5. The molecule has 0 spiro atoms. The van der Waals surface area contributed by atoms with Crippen molar-refractivity contribution in [2.45, 2.75) is 0 Å². The van der Waals surface area contributed by atoms with Gasteiger partial charge in [0.1, 0.15) is 5.75 Å². The third-order valence-electron chi connectivity index (χ3n) is 6.21. The summed E-state index contributed by atoms with van der Waals surface area (Å²) in [7, 11) is 1.64. The standard InChI is InChI=1S/C25H21ClN6O2S/c1-34-20-6-3-2-5-18(20)23-29-28-22-17-9-8-16(26)15-19(17)27-25(32(22)23)31-12-10-30(11-13-31)24(33)21-7-4-14-35-21/h2-9,14-15H,10-13H2,1H3. The lowest BCUT2D eigenvalue weighted by atomic mass is 10.2. The summed E-state index contributed by atoms with van der Waals surface area (Å²) in [4.78, 5) is 22.7. The number of carbonyl (C=O) groups excluding carboxylic acids is 1. The van der Waals surface area contributed by atoms with Gasteiger partial charge in [-0.05, 0) is 41.8 Å². The van der Waals surface area contributed by atoms with Crippen LogP contribution in [0.25, 0.3) is 27.9 Å². The molecule has 2 aromatic carbocycles. The minimum absolute atomic E-state index is 0.0713. The molecular weight excluding hydrogens is 484 g/mol. The minimum Gasteiger partial charge on any atom is -0.496 e. The van der Waals surface area contributed by atoms with Crippen molar-refractivity contribution in [1.29, 1.82) is 0 Å². The topological polar surface area (TPSA) is 75.9 Å². The zero-order valence-electron chi connectivity index (χ0n) is 18.9. The molecule has 1 saturated heterocycles. The summed E-state index contributed by atoms with van der Waals surface area (Å²) in [5.41, 5.74) is 2.26. The van der Waals surface area contributed by atoms with Crippen molar-refractivity contribution in [3.05, 3.63) is 69.9 Å². The molecule has 1 amide bonds. The van der Waals surface area contributed by atoms with E-state index in [-0.39, 0.29) is 5.91 Å². The second-order valence-corrected chi connectivity index (χ2v) is 9.60. The molecule has 0 radical (unpaired) electrons. The average molecular weight is 505 g/mol. The highest BCUT2D eigenvalue weighted by molar-refractivity contribution is 7.12. The first-order chi connectivity index (χ1) is 17.1. The molecule has 5 aromatic rings. The van der Waals surface area contributed by atoms with Gasteiger partial charge in [0.05, 0.1) is 23.1 Å². The molecule has 10 heteroatoms. The van der Waals surface area contributed by atoms with Crippen molar-refractivity contribution in [3.8, 4) is 17.1 Å². The van der Waals surface area contributed by atoms with E-state index in [1.807, 2.05) is 69.3 Å². The van der Waals surface area contributed by atoms with Crippen molar-refractivity contribution in [3.63, 3.8) is 0 Å². The van der Waals surface area contributed by atoms with E-state index in [0.717, 1.165) is 21.3 Å². The lowest BCUT2D eigenvalue weighted by molar-refractivity contribution is 0.0751. The molecule has 1 aliphatic rings. The molecule has 1 aliphatic heterocycles. The van der Waals surface area contributed by atoms with Crippen LogP contribution in [0.15, 0.2) is 60.0 Å². The number of fused-ring (bicyclic) bond motifs is 3. The normalized spacial score (nSPS) is 14.1. The molecule has 6 rings (SSSR count). The molecule has 0 atom stereocenters. The number of anilines is 1. The Morgan fingerprint density at radius 2 is 1.86 bits per heavy atom. The smallest absolute Gasteiger partial charge is 0.264 e. The van der Waals surface area contributed by atoms with Gasteiger partial charge < -0.3 is 14.5 Å². The van der Waals surface area contributed by atoms with Crippen LogP contribution in [0.3, 0.4) is 0 Å². The third kappa shape index (κ3) is 3.77. The fourth-order valence-electron chi connectivity index (χ4n) is 4.47. The molecule has 0 saturated carbocycles. The number of methoxy groups -OCH3 is 1. The summed E-state index contributed by atoms with van der Waals surface area (Å²) in [5.74, 6) is 2.13. The van der Waals surface area contributed by atoms with Crippen LogP contribution in [-0.4, -0.2) is 63.7 Å². The number of ether oxygens (including phenoxy) is 1. The van der Waals surface area contributed by atoms with Gasteiger partial charge in [0.2, 0.25) is 5.95 Å². The fraction of sp³-hybridized carbons (Fsp3) is 0.200. The summed E-state index contributed by atoms with van der Waals surface area (Å²) in [6.45, 7) is 2.46. The van der Waals surface area contributed by atoms with Gasteiger partial charge in [0.25, 0.3) is 5.91 Å². The van der Waals surface area contributed by atoms with Gasteiger partial charge in [-0.25, -0.2) is 9.38 Å². The molecule has 35 heavy (non-hydrogen) atoms. The van der Waals surface area contributed by atoms with E-state index in [0.29, 0.717) is 54.4 Å². The van der Waals surface area contributed by atoms with E-state index in [4.69, 9.17) is 21.3 Å². The van der Waals surface area contributed by atoms with E-state index in [1.165, 1.54) is 11.3 Å². The van der Waals surface area contributed by atoms with Crippen molar-refractivity contribution in [1.82, 2.24) is 24.5 Å². The van der Waals surface area contributed by atoms with Gasteiger partial charge in [-0.3, -0.25) is 4.79 Å². The van der Waals surface area contributed by atoms with Crippen LogP contribution in [0.2, 0.25) is 5.02 Å². The van der Waals surface area contributed by atoms with Gasteiger partial charge in [0.15, 0.2) is 11.5 Å². The fourth-order valence-corrected chi connectivity index (χ4v) is 5.33. The van der Waals surface area contributed by atoms with E-state index < -0.39 is 0 Å². The zero-order chi connectivity index (χ0) is 23.9. The number of para-hydroxylation sites is 1. The number of piperazine rings is 1. The number of hydrogen-bond acceptors (Lipinski definition) is 7. The van der Waals surface area contributed by atoms with Crippen LogP contribution in [-0.2, 0) is 0 Å². The minimum atomic E-state index is 0.0713. The Morgan fingerprint density at radius 1 is 1.03 bits per heavy atom. The highest BCUT2D eigenvalue weighted by Gasteiger charge is 2.27. The van der Waals surface area contributed by atoms with Crippen LogP contribution in [0.1, 0.15) is 9.67 Å². The Hall–Kier alpha value is -3.69. The molecule has 176 valence electrons. The van der Waals surface area contributed by atoms with Crippen molar-refractivity contribution in [2.24, 2.45) is 0 Å². The van der Waals surface area contributed by atoms with Crippen molar-refractivity contribution >= 4 is 51.3 Å². The Bertz CT molecular complexity index is 1540. The molecule has 8 nitrogen and oxygen atoms in total. The summed E-state index contributed by atoms with van der Waals surface area (Å²) in [6.07, 6.45) is 0. The lowest BCUT2D eigenvalue weighted by Crippen LogP contribution is -2.49. The number of aromatic nitrogens is 4. The van der Waals surface area contributed by atoms with Crippen LogP contribution in [0.5, 0.6) is 5.75 Å². The van der Waals surface area contributed by atoms with Gasteiger partial charge in [0, 0.05) is 36.6 Å². The van der Waals surface area contributed by atoms with Crippen molar-refractivity contribution < 1.29 is 9.53 Å². The van der Waals surface area contributed by atoms with Gasteiger partial charge in [-0.2, -0.15) is 0 Å². The SMILES string of the molecule is COc1ccccc1-c1nnc2c3ccc(Cl)cc3nc(N3CCN(C(=O)c4cccs4)CC3)n12. The van der Waals surface area contributed by atoms with Crippen LogP contribution in [0, 0.1) is 0 Å². The summed E-state index contributed by atoms with van der Waals surface area (Å²) in [5, 5.41) is 12.5. The molecule has 0 unspecified atom stereocenters. The summed E-state index contributed by atoms with van der Waals surface area (Å²) >= 11 is 7.76. The number of benzene rings is 2. The second-order valence-electron chi connectivity index (χ2n) is 8.21. The Balaban J connectivity index is 1.45. The summed E-state index contributed by atoms with van der Waals surface area (Å²) in [6, 6.07) is 17.1. The number of nitrogens with zero attached hydrogens (tertiary/aromatic N) is 6. The maximum atomic E-state index is 12.8. The molecule has 0 N–H and O–H groups in total. The maximum Gasteiger partial charge on any atom is 0.264 e. The van der Waals surface area contributed by atoms with Gasteiger partial charge in [-0.1, -0.05) is 29.8 Å². The number of halogens is 1. The first-order valence-electron chi connectivity index (χ1n) is 11.2. The van der Waals surface area contributed by atoms with E-state index in [1.54, 1.807) is 7.11 Å². The Morgan fingerprint density at radius 3 is 2.63 bits per heavy atom. The molecule has 0 aliphatic carbocycles.